The van der Waals surface area contributed by atoms with Crippen LogP contribution >= 0.6 is 15.9 Å². The van der Waals surface area contributed by atoms with Crippen LogP contribution in [-0.2, 0) is 9.84 Å². The van der Waals surface area contributed by atoms with E-state index < -0.39 is 15.9 Å². The molecule has 1 amide bonds. The summed E-state index contributed by atoms with van der Waals surface area (Å²) in [6, 6.07) is 2.96. The molecule has 0 aromatic carbocycles. The average Bonchev–Trinajstić information content (AvgIpc) is 2.37. The minimum Gasteiger partial charge on any atom is -0.465 e. The first-order valence-corrected chi connectivity index (χ1v) is 8.56. The average molecular weight is 364 g/mol. The van der Waals surface area contributed by atoms with Crippen LogP contribution in [0.5, 0.6) is 0 Å². The third-order valence-corrected chi connectivity index (χ3v) is 4.55. The van der Waals surface area contributed by atoms with Gasteiger partial charge in [-0.3, -0.25) is 0 Å². The van der Waals surface area contributed by atoms with Gasteiger partial charge in [0.25, 0.3) is 0 Å². The maximum atomic E-state index is 11.6. The van der Waals surface area contributed by atoms with Gasteiger partial charge in [0, 0.05) is 32.4 Å². The van der Waals surface area contributed by atoms with E-state index >= 15 is 0 Å². The number of pyridine rings is 1. The van der Waals surface area contributed by atoms with Crippen molar-refractivity contribution < 1.29 is 18.3 Å². The van der Waals surface area contributed by atoms with Gasteiger partial charge in [0.15, 0.2) is 9.84 Å². The SMILES string of the molecule is CS(=O)(=O)c1cc(Br)nc(N2CCN(C(=O)O)CC2)c1. The highest BCUT2D eigenvalue weighted by molar-refractivity contribution is 9.10. The first-order valence-electron chi connectivity index (χ1n) is 5.88. The van der Waals surface area contributed by atoms with Crippen molar-refractivity contribution in [1.29, 1.82) is 0 Å². The van der Waals surface area contributed by atoms with Crippen LogP contribution in [0, 0.1) is 0 Å². The molecule has 2 rings (SSSR count). The third-order valence-electron chi connectivity index (χ3n) is 3.06. The molecule has 0 spiro atoms. The Labute approximate surface area is 125 Å². The number of aromatic nitrogens is 1. The Balaban J connectivity index is 2.22. The summed E-state index contributed by atoms with van der Waals surface area (Å²) in [6.07, 6.45) is 0.199. The molecule has 1 aliphatic heterocycles. The normalized spacial score (nSPS) is 16.3. The molecule has 7 nitrogen and oxygen atoms in total. The first kappa shape index (κ1) is 15.0. The molecule has 1 N–H and O–H groups in total. The van der Waals surface area contributed by atoms with Gasteiger partial charge >= 0.3 is 6.09 Å². The standard InChI is InChI=1S/C11H14BrN3O4S/c1-20(18,19)8-6-9(12)13-10(7-8)14-2-4-15(5-3-14)11(16)17/h6-7H,2-5H2,1H3,(H,16,17). The van der Waals surface area contributed by atoms with E-state index in [0.717, 1.165) is 6.26 Å². The summed E-state index contributed by atoms with van der Waals surface area (Å²) in [5.41, 5.74) is 0. The van der Waals surface area contributed by atoms with Crippen LogP contribution in [0.3, 0.4) is 0 Å². The zero-order valence-electron chi connectivity index (χ0n) is 10.8. The summed E-state index contributed by atoms with van der Waals surface area (Å²) in [5, 5.41) is 8.89. The van der Waals surface area contributed by atoms with Crippen molar-refractivity contribution in [3.63, 3.8) is 0 Å². The second-order valence-corrected chi connectivity index (χ2v) is 7.34. The number of anilines is 1. The van der Waals surface area contributed by atoms with E-state index in [1.807, 2.05) is 4.90 Å². The number of nitrogens with zero attached hydrogens (tertiary/aromatic N) is 3. The molecule has 0 aliphatic carbocycles. The summed E-state index contributed by atoms with van der Waals surface area (Å²) >= 11 is 3.20. The van der Waals surface area contributed by atoms with Gasteiger partial charge in [0.1, 0.15) is 10.4 Å². The molecule has 1 saturated heterocycles. The molecule has 9 heteroatoms. The van der Waals surface area contributed by atoms with E-state index in [4.69, 9.17) is 5.11 Å². The van der Waals surface area contributed by atoms with Gasteiger partial charge in [0.05, 0.1) is 4.90 Å². The van der Waals surface area contributed by atoms with Gasteiger partial charge in [0.2, 0.25) is 0 Å². The Bertz CT molecular complexity index is 627. The molecule has 110 valence electrons. The van der Waals surface area contributed by atoms with Gasteiger partial charge in [-0.15, -0.1) is 0 Å². The van der Waals surface area contributed by atoms with E-state index in [-0.39, 0.29) is 4.90 Å². The molecule has 0 bridgehead atoms. The van der Waals surface area contributed by atoms with E-state index in [1.165, 1.54) is 17.0 Å². The molecule has 1 fully saturated rings. The fourth-order valence-electron chi connectivity index (χ4n) is 1.96. The Morgan fingerprint density at radius 3 is 2.40 bits per heavy atom. The molecule has 1 aromatic heterocycles. The van der Waals surface area contributed by atoms with Crippen LogP contribution in [0.25, 0.3) is 0 Å². The second-order valence-electron chi connectivity index (χ2n) is 4.51. The fourth-order valence-corrected chi connectivity index (χ4v) is 3.19. The summed E-state index contributed by atoms with van der Waals surface area (Å²) in [6.45, 7) is 1.72. The molecular weight excluding hydrogens is 350 g/mol. The fraction of sp³-hybridized carbons (Fsp3) is 0.455. The Hall–Kier alpha value is -1.35. The van der Waals surface area contributed by atoms with Crippen LogP contribution in [-0.4, -0.2) is 61.9 Å². The zero-order chi connectivity index (χ0) is 14.9. The highest BCUT2D eigenvalue weighted by Crippen LogP contribution is 2.22. The number of carbonyl (C=O) groups is 1. The van der Waals surface area contributed by atoms with Crippen molar-refractivity contribution in [2.24, 2.45) is 0 Å². The van der Waals surface area contributed by atoms with Crippen molar-refractivity contribution in [1.82, 2.24) is 9.88 Å². The van der Waals surface area contributed by atoms with Crippen LogP contribution in [0.15, 0.2) is 21.6 Å². The number of halogens is 1. The van der Waals surface area contributed by atoms with Gasteiger partial charge < -0.3 is 14.9 Å². The number of hydrogen-bond donors (Lipinski definition) is 1. The number of hydrogen-bond acceptors (Lipinski definition) is 5. The monoisotopic (exact) mass is 363 g/mol. The molecule has 2 heterocycles. The topological polar surface area (TPSA) is 90.8 Å². The quantitative estimate of drug-likeness (QED) is 0.789. The molecule has 0 unspecified atom stereocenters. The van der Waals surface area contributed by atoms with E-state index in [9.17, 15) is 13.2 Å². The minimum atomic E-state index is -3.31. The molecule has 1 aromatic rings. The third kappa shape index (κ3) is 3.40. The Kier molecular flexibility index (Phi) is 4.19. The maximum absolute atomic E-state index is 11.6. The van der Waals surface area contributed by atoms with Gasteiger partial charge in [-0.05, 0) is 28.1 Å². The highest BCUT2D eigenvalue weighted by Gasteiger charge is 2.22. The van der Waals surface area contributed by atoms with Gasteiger partial charge in [-0.25, -0.2) is 18.2 Å². The molecule has 0 radical (unpaired) electrons. The number of carboxylic acid groups (broad SMARTS) is 1. The van der Waals surface area contributed by atoms with E-state index in [1.54, 1.807) is 0 Å². The lowest BCUT2D eigenvalue weighted by atomic mass is 10.3. The molecule has 0 saturated carbocycles. The second kappa shape index (κ2) is 5.57. The van der Waals surface area contributed by atoms with Crippen LogP contribution in [0.2, 0.25) is 0 Å². The van der Waals surface area contributed by atoms with Gasteiger partial charge in [-0.2, -0.15) is 0 Å². The Morgan fingerprint density at radius 1 is 1.30 bits per heavy atom. The number of sulfone groups is 1. The molecule has 1 aliphatic rings. The smallest absolute Gasteiger partial charge is 0.407 e. The van der Waals surface area contributed by atoms with E-state index in [2.05, 4.69) is 20.9 Å². The molecule has 0 atom stereocenters. The summed E-state index contributed by atoms with van der Waals surface area (Å²) in [5.74, 6) is 0.532. The van der Waals surface area contributed by atoms with E-state index in [0.29, 0.717) is 36.6 Å². The summed E-state index contributed by atoms with van der Waals surface area (Å²) in [7, 11) is -3.31. The Morgan fingerprint density at radius 2 is 1.90 bits per heavy atom. The number of rotatable bonds is 2. The van der Waals surface area contributed by atoms with Gasteiger partial charge in [-0.1, -0.05) is 0 Å². The van der Waals surface area contributed by atoms with Crippen molar-refractivity contribution >= 4 is 37.7 Å². The summed E-state index contributed by atoms with van der Waals surface area (Å²) in [4.78, 5) is 18.5. The summed E-state index contributed by atoms with van der Waals surface area (Å²) < 4.78 is 23.7. The largest absolute Gasteiger partial charge is 0.465 e. The lowest BCUT2D eigenvalue weighted by Crippen LogP contribution is -2.48. The first-order chi connectivity index (χ1) is 9.27. The predicted octanol–water partition coefficient (Wildman–Crippen LogP) is 1.05. The van der Waals surface area contributed by atoms with Crippen molar-refractivity contribution in [2.45, 2.75) is 4.90 Å². The lowest BCUT2D eigenvalue weighted by Gasteiger charge is -2.34. The molecular formula is C11H14BrN3O4S. The highest BCUT2D eigenvalue weighted by atomic mass is 79.9. The zero-order valence-corrected chi connectivity index (χ0v) is 13.2. The minimum absolute atomic E-state index is 0.190. The van der Waals surface area contributed by atoms with Crippen LogP contribution < -0.4 is 4.90 Å². The van der Waals surface area contributed by atoms with Crippen LogP contribution in [0.1, 0.15) is 0 Å². The molecule has 20 heavy (non-hydrogen) atoms. The van der Waals surface area contributed by atoms with Crippen LogP contribution in [0.4, 0.5) is 10.6 Å². The van der Waals surface area contributed by atoms with Crippen molar-refractivity contribution in [3.8, 4) is 0 Å². The predicted molar refractivity (Wildman–Crippen MR) is 76.9 cm³/mol. The maximum Gasteiger partial charge on any atom is 0.407 e. The number of piperazine rings is 1. The number of amides is 1. The van der Waals surface area contributed by atoms with Crippen molar-refractivity contribution in [3.05, 3.63) is 16.7 Å². The lowest BCUT2D eigenvalue weighted by molar-refractivity contribution is 0.142. The van der Waals surface area contributed by atoms with Crippen molar-refractivity contribution in [2.75, 3.05) is 37.3 Å².